The van der Waals surface area contributed by atoms with Gasteiger partial charge in [-0.2, -0.15) is 0 Å². The number of ether oxygens (including phenoxy) is 1. The van der Waals surface area contributed by atoms with Gasteiger partial charge in [-0.15, -0.1) is 0 Å². The first-order valence-corrected chi connectivity index (χ1v) is 7.37. The second-order valence-electron chi connectivity index (χ2n) is 4.28. The Bertz CT molecular complexity index is 731. The number of nitrogens with zero attached hydrogens (tertiary/aromatic N) is 1. The Labute approximate surface area is 128 Å². The maximum Gasteiger partial charge on any atom is 0.343 e. The molecule has 0 aliphatic carbocycles. The second-order valence-corrected chi connectivity index (χ2v) is 5.21. The van der Waals surface area contributed by atoms with Crippen LogP contribution in [0.15, 0.2) is 48.5 Å². The van der Waals surface area contributed by atoms with Gasteiger partial charge in [-0.1, -0.05) is 24.3 Å². The molecule has 8 heteroatoms. The van der Waals surface area contributed by atoms with Gasteiger partial charge in [0.15, 0.2) is 11.1 Å². The highest BCUT2D eigenvalue weighted by molar-refractivity contribution is 7.78. The number of nitro groups is 1. The number of hydrogen-bond donors (Lipinski definition) is 1. The fourth-order valence-corrected chi connectivity index (χ4v) is 2.22. The number of benzene rings is 2. The number of hydrogen-bond acceptors (Lipinski definition) is 5. The van der Waals surface area contributed by atoms with E-state index < -0.39 is 27.7 Å². The van der Waals surface area contributed by atoms with E-state index in [0.717, 1.165) is 6.07 Å². The zero-order valence-corrected chi connectivity index (χ0v) is 12.0. The molecule has 0 spiro atoms. The summed E-state index contributed by atoms with van der Waals surface area (Å²) in [7, 11) is 0. The van der Waals surface area contributed by atoms with Crippen molar-refractivity contribution in [2.45, 2.75) is 5.75 Å². The van der Waals surface area contributed by atoms with E-state index in [1.165, 1.54) is 24.3 Å². The maximum atomic E-state index is 11.9. The Balaban J connectivity index is 2.28. The molecule has 114 valence electrons. The summed E-state index contributed by atoms with van der Waals surface area (Å²) in [5, 5.41) is 11.1. The highest BCUT2D eigenvalue weighted by Crippen LogP contribution is 2.29. The van der Waals surface area contributed by atoms with Crippen LogP contribution in [-0.2, 0) is 16.8 Å². The van der Waals surface area contributed by atoms with Crippen molar-refractivity contribution >= 4 is 22.7 Å². The normalized spacial score (nSPS) is 11.7. The number of nitro benzene ring substituents is 1. The predicted octanol–water partition coefficient (Wildman–Crippen LogP) is 2.54. The molecular weight excluding hydrogens is 310 g/mol. The van der Waals surface area contributed by atoms with Crippen molar-refractivity contribution in [3.05, 3.63) is 69.8 Å². The van der Waals surface area contributed by atoms with E-state index in [0.29, 0.717) is 5.56 Å². The molecule has 22 heavy (non-hydrogen) atoms. The predicted molar refractivity (Wildman–Crippen MR) is 79.0 cm³/mol. The summed E-state index contributed by atoms with van der Waals surface area (Å²) < 4.78 is 24.6. The number of esters is 1. The third kappa shape index (κ3) is 3.96. The first-order valence-electron chi connectivity index (χ1n) is 6.09. The molecule has 0 saturated carbocycles. The summed E-state index contributed by atoms with van der Waals surface area (Å²) in [5.74, 6) is -1.18. The Hall–Kier alpha value is -2.58. The standard InChI is InChI=1S/C14H11NO6S/c16-14(11-4-2-1-3-5-11)21-13-7-6-10(9-22(19)20)8-12(13)15(17)18/h1-8H,9H2,(H,19,20). The first-order chi connectivity index (χ1) is 10.5. The third-order valence-electron chi connectivity index (χ3n) is 2.72. The number of carbonyl (C=O) groups is 1. The minimum atomic E-state index is -2.12. The molecule has 0 radical (unpaired) electrons. The summed E-state index contributed by atoms with van der Waals surface area (Å²) in [6, 6.07) is 11.8. The van der Waals surface area contributed by atoms with E-state index in [2.05, 4.69) is 0 Å². The molecule has 2 rings (SSSR count). The van der Waals surface area contributed by atoms with Crippen molar-refractivity contribution in [3.8, 4) is 5.75 Å². The molecule has 0 aliphatic rings. The van der Waals surface area contributed by atoms with Gasteiger partial charge in [0, 0.05) is 6.07 Å². The average molecular weight is 321 g/mol. The molecule has 2 aromatic carbocycles. The Morgan fingerprint density at radius 2 is 1.91 bits per heavy atom. The molecule has 2 aromatic rings. The lowest BCUT2D eigenvalue weighted by Gasteiger charge is -2.06. The van der Waals surface area contributed by atoms with Gasteiger partial charge >= 0.3 is 11.7 Å². The molecule has 0 aromatic heterocycles. The van der Waals surface area contributed by atoms with Crippen LogP contribution in [0.2, 0.25) is 0 Å². The van der Waals surface area contributed by atoms with Crippen LogP contribution in [0.3, 0.4) is 0 Å². The van der Waals surface area contributed by atoms with Crippen molar-refractivity contribution in [2.75, 3.05) is 0 Å². The highest BCUT2D eigenvalue weighted by Gasteiger charge is 2.20. The molecule has 0 aliphatic heterocycles. The van der Waals surface area contributed by atoms with Gasteiger partial charge in [-0.3, -0.25) is 10.1 Å². The minimum Gasteiger partial charge on any atom is -0.416 e. The number of rotatable bonds is 5. The Morgan fingerprint density at radius 3 is 2.50 bits per heavy atom. The van der Waals surface area contributed by atoms with E-state index >= 15 is 0 Å². The molecule has 1 atom stereocenters. The lowest BCUT2D eigenvalue weighted by atomic mass is 10.2. The van der Waals surface area contributed by atoms with E-state index in [9.17, 15) is 19.1 Å². The smallest absolute Gasteiger partial charge is 0.343 e. The van der Waals surface area contributed by atoms with E-state index in [4.69, 9.17) is 9.29 Å². The summed E-state index contributed by atoms with van der Waals surface area (Å²) in [6.07, 6.45) is 0. The molecular formula is C14H11NO6S. The van der Waals surface area contributed by atoms with Crippen molar-refractivity contribution < 1.29 is 23.2 Å². The van der Waals surface area contributed by atoms with Gasteiger partial charge in [0.25, 0.3) is 0 Å². The number of carbonyl (C=O) groups excluding carboxylic acids is 1. The van der Waals surface area contributed by atoms with Crippen LogP contribution in [-0.4, -0.2) is 19.7 Å². The summed E-state index contributed by atoms with van der Waals surface area (Å²) in [5.41, 5.74) is 0.122. The fourth-order valence-electron chi connectivity index (χ4n) is 1.76. The lowest BCUT2D eigenvalue weighted by Crippen LogP contribution is -2.09. The topological polar surface area (TPSA) is 107 Å². The first kappa shape index (κ1) is 15.8. The zero-order valence-electron chi connectivity index (χ0n) is 11.2. The largest absolute Gasteiger partial charge is 0.416 e. The summed E-state index contributed by atoms with van der Waals surface area (Å²) in [4.78, 5) is 22.3. The Morgan fingerprint density at radius 1 is 1.23 bits per heavy atom. The van der Waals surface area contributed by atoms with Crippen molar-refractivity contribution in [1.82, 2.24) is 0 Å². The van der Waals surface area contributed by atoms with Gasteiger partial charge in [-0.05, 0) is 23.8 Å². The van der Waals surface area contributed by atoms with Gasteiger partial charge in [0.2, 0.25) is 5.75 Å². The maximum absolute atomic E-state index is 11.9. The third-order valence-corrected chi connectivity index (χ3v) is 3.30. The average Bonchev–Trinajstić information content (AvgIpc) is 2.49. The molecule has 0 fully saturated rings. The zero-order chi connectivity index (χ0) is 16.1. The van der Waals surface area contributed by atoms with E-state index in [-0.39, 0.29) is 17.1 Å². The second kappa shape index (κ2) is 6.92. The summed E-state index contributed by atoms with van der Waals surface area (Å²) >= 11 is -2.12. The molecule has 0 bridgehead atoms. The van der Waals surface area contributed by atoms with Gasteiger partial charge in [-0.25, -0.2) is 9.00 Å². The molecule has 0 amide bonds. The van der Waals surface area contributed by atoms with Crippen LogP contribution in [0.5, 0.6) is 5.75 Å². The molecule has 1 N–H and O–H groups in total. The molecule has 7 nitrogen and oxygen atoms in total. The van der Waals surface area contributed by atoms with Gasteiger partial charge in [0.05, 0.1) is 16.2 Å². The highest BCUT2D eigenvalue weighted by atomic mass is 32.2. The van der Waals surface area contributed by atoms with Crippen molar-refractivity contribution in [2.24, 2.45) is 0 Å². The van der Waals surface area contributed by atoms with Crippen LogP contribution >= 0.6 is 0 Å². The lowest BCUT2D eigenvalue weighted by molar-refractivity contribution is -0.385. The monoisotopic (exact) mass is 321 g/mol. The SMILES string of the molecule is O=C(Oc1ccc(CS(=O)O)cc1[N+](=O)[O-])c1ccccc1. The Kier molecular flexibility index (Phi) is 4.97. The van der Waals surface area contributed by atoms with Crippen LogP contribution in [0, 0.1) is 10.1 Å². The van der Waals surface area contributed by atoms with Crippen LogP contribution in [0.1, 0.15) is 15.9 Å². The summed E-state index contributed by atoms with van der Waals surface area (Å²) in [6.45, 7) is 0. The van der Waals surface area contributed by atoms with E-state index in [1.54, 1.807) is 18.2 Å². The van der Waals surface area contributed by atoms with Crippen LogP contribution in [0.25, 0.3) is 0 Å². The molecule has 0 heterocycles. The van der Waals surface area contributed by atoms with Gasteiger partial charge in [0.1, 0.15) is 0 Å². The fraction of sp³-hybridized carbons (Fsp3) is 0.0714. The van der Waals surface area contributed by atoms with Crippen molar-refractivity contribution in [3.63, 3.8) is 0 Å². The van der Waals surface area contributed by atoms with Crippen LogP contribution in [0.4, 0.5) is 5.69 Å². The van der Waals surface area contributed by atoms with Gasteiger partial charge < -0.3 is 9.29 Å². The minimum absolute atomic E-state index is 0.216. The molecule has 1 unspecified atom stereocenters. The van der Waals surface area contributed by atoms with Crippen molar-refractivity contribution in [1.29, 1.82) is 0 Å². The molecule has 0 saturated heterocycles. The quantitative estimate of drug-likeness (QED) is 0.298. The van der Waals surface area contributed by atoms with E-state index in [1.807, 2.05) is 0 Å². The van der Waals surface area contributed by atoms with Crippen LogP contribution < -0.4 is 4.74 Å².